The molecular weight excluding hydrogens is 254 g/mol. The van der Waals surface area contributed by atoms with Gasteiger partial charge in [-0.2, -0.15) is 0 Å². The van der Waals surface area contributed by atoms with Crippen molar-refractivity contribution in [2.75, 3.05) is 6.54 Å². The molecule has 0 saturated carbocycles. The lowest BCUT2D eigenvalue weighted by Gasteiger charge is -2.16. The van der Waals surface area contributed by atoms with E-state index in [1.807, 2.05) is 6.92 Å². The molecule has 0 radical (unpaired) electrons. The fourth-order valence-electron chi connectivity index (χ4n) is 1.44. The molecule has 0 aliphatic rings. The number of rotatable bonds is 6. The maximum atomic E-state index is 11.8. The predicted molar refractivity (Wildman–Crippen MR) is 68.5 cm³/mol. The van der Waals surface area contributed by atoms with Crippen LogP contribution < -0.4 is 11.1 Å². The lowest BCUT2D eigenvalue weighted by atomic mass is 10.1. The molecule has 0 aliphatic carbocycles. The largest absolute Gasteiger partial charge is 0.476 e. The van der Waals surface area contributed by atoms with Crippen LogP contribution in [-0.4, -0.2) is 28.5 Å². The van der Waals surface area contributed by atoms with Gasteiger partial charge in [-0.1, -0.05) is 6.92 Å². The van der Waals surface area contributed by atoms with Crippen LogP contribution in [-0.2, 0) is 4.79 Å². The van der Waals surface area contributed by atoms with Crippen molar-refractivity contribution in [1.29, 1.82) is 0 Å². The number of aromatic nitrogens is 1. The number of thiazole rings is 1. The Hall–Kier alpha value is -1.47. The second-order valence-corrected chi connectivity index (χ2v) is 4.84. The molecule has 1 aromatic heterocycles. The summed E-state index contributed by atoms with van der Waals surface area (Å²) < 4.78 is 0. The molecule has 1 aromatic rings. The highest BCUT2D eigenvalue weighted by Gasteiger charge is 2.20. The first-order chi connectivity index (χ1) is 8.49. The Morgan fingerprint density at radius 3 is 2.72 bits per heavy atom. The minimum absolute atomic E-state index is 0.00182. The summed E-state index contributed by atoms with van der Waals surface area (Å²) in [6.07, 6.45) is 0.674. The van der Waals surface area contributed by atoms with Crippen LogP contribution in [0.15, 0.2) is 5.38 Å². The molecule has 7 heteroatoms. The van der Waals surface area contributed by atoms with Crippen LogP contribution >= 0.6 is 11.3 Å². The second kappa shape index (κ2) is 6.46. The molecule has 0 spiro atoms. The van der Waals surface area contributed by atoms with E-state index in [9.17, 15) is 9.59 Å². The van der Waals surface area contributed by atoms with Gasteiger partial charge >= 0.3 is 5.97 Å². The number of nitrogens with zero attached hydrogens (tertiary/aromatic N) is 1. The molecule has 0 saturated heterocycles. The third-order valence-electron chi connectivity index (χ3n) is 2.62. The quantitative estimate of drug-likeness (QED) is 0.716. The number of carbonyl (C=O) groups is 2. The summed E-state index contributed by atoms with van der Waals surface area (Å²) in [6.45, 7) is 3.96. The minimum atomic E-state index is -1.07. The number of carboxylic acids is 1. The van der Waals surface area contributed by atoms with Gasteiger partial charge in [0.25, 0.3) is 0 Å². The first-order valence-electron chi connectivity index (χ1n) is 5.68. The van der Waals surface area contributed by atoms with Crippen molar-refractivity contribution in [3.8, 4) is 0 Å². The third kappa shape index (κ3) is 3.51. The van der Waals surface area contributed by atoms with Gasteiger partial charge in [0.05, 0.1) is 6.04 Å². The number of carbonyl (C=O) groups excluding carboxylic acids is 1. The lowest BCUT2D eigenvalue weighted by Crippen LogP contribution is -2.36. The van der Waals surface area contributed by atoms with E-state index in [0.717, 1.165) is 0 Å². The zero-order valence-electron chi connectivity index (χ0n) is 10.3. The van der Waals surface area contributed by atoms with Crippen molar-refractivity contribution in [2.45, 2.75) is 26.3 Å². The van der Waals surface area contributed by atoms with Crippen LogP contribution in [0.4, 0.5) is 0 Å². The highest BCUT2D eigenvalue weighted by molar-refractivity contribution is 7.09. The molecular formula is C11H17N3O3S. The molecule has 6 nitrogen and oxygen atoms in total. The van der Waals surface area contributed by atoms with Crippen LogP contribution in [0.1, 0.15) is 41.8 Å². The van der Waals surface area contributed by atoms with Gasteiger partial charge in [-0.25, -0.2) is 9.78 Å². The van der Waals surface area contributed by atoms with E-state index in [1.165, 1.54) is 16.7 Å². The zero-order valence-corrected chi connectivity index (χ0v) is 11.2. The van der Waals surface area contributed by atoms with E-state index >= 15 is 0 Å². The Kier molecular flexibility index (Phi) is 5.24. The monoisotopic (exact) mass is 271 g/mol. The van der Waals surface area contributed by atoms with Crippen LogP contribution in [0.3, 0.4) is 0 Å². The average Bonchev–Trinajstić information content (AvgIpc) is 2.79. The average molecular weight is 271 g/mol. The fourth-order valence-corrected chi connectivity index (χ4v) is 2.24. The first kappa shape index (κ1) is 14.6. The van der Waals surface area contributed by atoms with Crippen molar-refractivity contribution in [2.24, 2.45) is 11.7 Å². The Labute approximate surface area is 109 Å². The van der Waals surface area contributed by atoms with Gasteiger partial charge in [0.1, 0.15) is 5.01 Å². The number of hydrogen-bond donors (Lipinski definition) is 3. The van der Waals surface area contributed by atoms with Crippen molar-refractivity contribution in [3.05, 3.63) is 16.1 Å². The topological polar surface area (TPSA) is 105 Å². The van der Waals surface area contributed by atoms with Crippen molar-refractivity contribution >= 4 is 23.2 Å². The maximum absolute atomic E-state index is 11.8. The van der Waals surface area contributed by atoms with Crippen LogP contribution in [0.5, 0.6) is 0 Å². The minimum Gasteiger partial charge on any atom is -0.476 e. The van der Waals surface area contributed by atoms with Gasteiger partial charge in [0.2, 0.25) is 5.91 Å². The smallest absolute Gasteiger partial charge is 0.355 e. The summed E-state index contributed by atoms with van der Waals surface area (Å²) in [4.78, 5) is 26.4. The van der Waals surface area contributed by atoms with E-state index in [-0.39, 0.29) is 23.6 Å². The Morgan fingerprint density at radius 1 is 1.61 bits per heavy atom. The van der Waals surface area contributed by atoms with E-state index in [4.69, 9.17) is 10.8 Å². The normalized spacial score (nSPS) is 13.9. The van der Waals surface area contributed by atoms with E-state index < -0.39 is 5.97 Å². The predicted octanol–water partition coefficient (Wildman–Crippen LogP) is 1.00. The van der Waals surface area contributed by atoms with E-state index in [1.54, 1.807) is 6.92 Å². The maximum Gasteiger partial charge on any atom is 0.355 e. The summed E-state index contributed by atoms with van der Waals surface area (Å²) in [5.41, 5.74) is 5.49. The Bertz CT molecular complexity index is 429. The molecule has 0 aliphatic heterocycles. The second-order valence-electron chi connectivity index (χ2n) is 3.95. The van der Waals surface area contributed by atoms with Gasteiger partial charge in [0, 0.05) is 17.8 Å². The van der Waals surface area contributed by atoms with Gasteiger partial charge in [-0.3, -0.25) is 4.79 Å². The number of carboxylic acid groups (broad SMARTS) is 1. The summed E-state index contributed by atoms with van der Waals surface area (Å²) in [5, 5.41) is 13.6. The molecule has 0 bridgehead atoms. The first-order valence-corrected chi connectivity index (χ1v) is 6.56. The third-order valence-corrected chi connectivity index (χ3v) is 3.65. The standard InChI is InChI=1S/C11H17N3O3S/c1-3-7(4-12)9(15)13-6(2)10-14-8(5-18-10)11(16)17/h5-7H,3-4,12H2,1-2H3,(H,13,15)(H,16,17). The summed E-state index contributed by atoms with van der Waals surface area (Å²) in [7, 11) is 0. The fraction of sp³-hybridized carbons (Fsp3) is 0.545. The number of nitrogens with two attached hydrogens (primary N) is 1. The number of aromatic carboxylic acids is 1. The van der Waals surface area contributed by atoms with Crippen LogP contribution in [0, 0.1) is 5.92 Å². The van der Waals surface area contributed by atoms with Crippen LogP contribution in [0.2, 0.25) is 0 Å². The number of nitrogens with one attached hydrogen (secondary N) is 1. The van der Waals surface area contributed by atoms with Crippen molar-refractivity contribution in [1.82, 2.24) is 10.3 Å². The molecule has 2 atom stereocenters. The molecule has 0 fully saturated rings. The van der Waals surface area contributed by atoms with E-state index in [0.29, 0.717) is 18.0 Å². The highest BCUT2D eigenvalue weighted by atomic mass is 32.1. The lowest BCUT2D eigenvalue weighted by molar-refractivity contribution is -0.125. The number of hydrogen-bond acceptors (Lipinski definition) is 5. The molecule has 4 N–H and O–H groups in total. The SMILES string of the molecule is CCC(CN)C(=O)NC(C)c1nc(C(=O)O)cs1. The van der Waals surface area contributed by atoms with Gasteiger partial charge < -0.3 is 16.2 Å². The highest BCUT2D eigenvalue weighted by Crippen LogP contribution is 2.18. The summed E-state index contributed by atoms with van der Waals surface area (Å²) in [6, 6.07) is -0.309. The molecule has 18 heavy (non-hydrogen) atoms. The molecule has 1 amide bonds. The van der Waals surface area contributed by atoms with E-state index in [2.05, 4.69) is 10.3 Å². The Balaban J connectivity index is 2.66. The summed E-state index contributed by atoms with van der Waals surface area (Å²) >= 11 is 1.22. The van der Waals surface area contributed by atoms with Crippen molar-refractivity contribution in [3.63, 3.8) is 0 Å². The molecule has 2 unspecified atom stereocenters. The van der Waals surface area contributed by atoms with Gasteiger partial charge in [0.15, 0.2) is 5.69 Å². The van der Waals surface area contributed by atoms with Crippen molar-refractivity contribution < 1.29 is 14.7 Å². The summed E-state index contributed by atoms with van der Waals surface area (Å²) in [5.74, 6) is -1.41. The van der Waals surface area contributed by atoms with Crippen LogP contribution in [0.25, 0.3) is 0 Å². The molecule has 0 aromatic carbocycles. The molecule has 1 rings (SSSR count). The molecule has 1 heterocycles. The molecule has 100 valence electrons. The zero-order chi connectivity index (χ0) is 13.7. The number of amides is 1. The Morgan fingerprint density at radius 2 is 2.28 bits per heavy atom. The van der Waals surface area contributed by atoms with Gasteiger partial charge in [-0.15, -0.1) is 11.3 Å². The van der Waals surface area contributed by atoms with Gasteiger partial charge in [-0.05, 0) is 13.3 Å².